The average molecular weight is 227 g/mol. The summed E-state index contributed by atoms with van der Waals surface area (Å²) in [5, 5.41) is 10.7. The summed E-state index contributed by atoms with van der Waals surface area (Å²) in [6, 6.07) is 3.40. The average Bonchev–Trinajstić information content (AvgIpc) is 2.17. The zero-order valence-electron chi connectivity index (χ0n) is 7.14. The molecule has 76 valence electrons. The maximum absolute atomic E-state index is 11.1. The number of nitrogens with zero attached hydrogens (tertiary/aromatic N) is 2. The summed E-state index contributed by atoms with van der Waals surface area (Å²) in [5.41, 5.74) is -0.792. The highest BCUT2D eigenvalue weighted by Gasteiger charge is 2.19. The molecule has 0 atom stereocenters. The van der Waals surface area contributed by atoms with E-state index >= 15 is 0 Å². The predicted molar refractivity (Wildman–Crippen MR) is 50.6 cm³/mol. The van der Waals surface area contributed by atoms with E-state index in [0.717, 1.165) is 18.2 Å². The lowest BCUT2D eigenvalue weighted by Gasteiger charge is -1.97. The number of carbonyl (C=O) groups is 1. The predicted octanol–water partition coefficient (Wildman–Crippen LogP) is 1.72. The molecule has 1 amide bonds. The molecule has 15 heavy (non-hydrogen) atoms. The quantitative estimate of drug-likeness (QED) is 0.332. The van der Waals surface area contributed by atoms with Crippen LogP contribution in [0.15, 0.2) is 23.2 Å². The zero-order valence-corrected chi connectivity index (χ0v) is 7.89. The lowest BCUT2D eigenvalue weighted by Crippen LogP contribution is -2.01. The van der Waals surface area contributed by atoms with Crippen LogP contribution in [0.25, 0.3) is 0 Å². The van der Waals surface area contributed by atoms with E-state index in [4.69, 9.17) is 11.6 Å². The first-order chi connectivity index (χ1) is 7.06. The fourth-order valence-electron chi connectivity index (χ4n) is 0.940. The van der Waals surface area contributed by atoms with Gasteiger partial charge in [-0.3, -0.25) is 14.9 Å². The molecule has 0 aliphatic rings. The summed E-state index contributed by atoms with van der Waals surface area (Å²) >= 11 is 5.55. The molecule has 0 heterocycles. The fourth-order valence-corrected chi connectivity index (χ4v) is 1.11. The van der Waals surface area contributed by atoms with Gasteiger partial charge in [-0.1, -0.05) is 11.6 Å². The normalized spacial score (nSPS) is 9.13. The monoisotopic (exact) mass is 226 g/mol. The fraction of sp³-hybridized carbons (Fsp3) is 0. The number of amides is 1. The Balaban J connectivity index is 3.36. The smallest absolute Gasteiger partial charge is 0.266 e. The Morgan fingerprint density at radius 2 is 2.20 bits per heavy atom. The molecule has 0 aliphatic carbocycles. The van der Waals surface area contributed by atoms with Crippen LogP contribution in [-0.2, 0) is 4.79 Å². The van der Waals surface area contributed by atoms with E-state index in [9.17, 15) is 19.7 Å². The molecule has 7 heteroatoms. The van der Waals surface area contributed by atoms with Gasteiger partial charge >= 0.3 is 0 Å². The van der Waals surface area contributed by atoms with Crippen LogP contribution < -0.4 is 0 Å². The van der Waals surface area contributed by atoms with Gasteiger partial charge < -0.3 is 0 Å². The first-order valence-electron chi connectivity index (χ1n) is 3.62. The van der Waals surface area contributed by atoms with Crippen LogP contribution in [0.2, 0.25) is 5.02 Å². The van der Waals surface area contributed by atoms with Crippen LogP contribution in [0.1, 0.15) is 10.4 Å². The van der Waals surface area contributed by atoms with E-state index in [1.165, 1.54) is 6.07 Å². The molecule has 0 aliphatic heterocycles. The van der Waals surface area contributed by atoms with Gasteiger partial charge in [0.1, 0.15) is 5.56 Å². The third-order valence-corrected chi connectivity index (χ3v) is 1.77. The summed E-state index contributed by atoms with van der Waals surface area (Å²) in [6.45, 7) is 0. The molecule has 0 saturated heterocycles. The van der Waals surface area contributed by atoms with Crippen molar-refractivity contribution in [1.82, 2.24) is 0 Å². The van der Waals surface area contributed by atoms with Gasteiger partial charge in [0.15, 0.2) is 0 Å². The number of carbonyl (C=O) groups excluding carboxylic acids is 2. The Labute approximate surface area is 88.3 Å². The standard InChI is InChI=1S/C8H3ClN2O4/c9-5-1-2-7(11(14)15)6(3-5)8(13)10-4-12/h1-3H. The molecule has 1 aromatic carbocycles. The Hall–Kier alpha value is -2.04. The number of nitro groups is 1. The van der Waals surface area contributed by atoms with Gasteiger partial charge in [0.25, 0.3) is 11.6 Å². The number of benzene rings is 1. The van der Waals surface area contributed by atoms with Crippen LogP contribution in [-0.4, -0.2) is 16.9 Å². The third-order valence-electron chi connectivity index (χ3n) is 1.53. The zero-order chi connectivity index (χ0) is 11.4. The van der Waals surface area contributed by atoms with E-state index in [1.54, 1.807) is 0 Å². The summed E-state index contributed by atoms with van der Waals surface area (Å²) in [7, 11) is 0. The van der Waals surface area contributed by atoms with Crippen LogP contribution >= 0.6 is 11.6 Å². The molecule has 0 fully saturated rings. The number of hydrogen-bond acceptors (Lipinski definition) is 4. The Morgan fingerprint density at radius 1 is 1.53 bits per heavy atom. The third kappa shape index (κ3) is 2.46. The molecule has 6 nitrogen and oxygen atoms in total. The molecule has 0 radical (unpaired) electrons. The van der Waals surface area contributed by atoms with Crippen molar-refractivity contribution in [3.8, 4) is 0 Å². The lowest BCUT2D eigenvalue weighted by atomic mass is 10.2. The number of nitro benzene ring substituents is 1. The molecular formula is C8H3ClN2O4. The summed E-state index contributed by atoms with van der Waals surface area (Å²) in [5.74, 6) is -1.04. The minimum absolute atomic E-state index is 0.144. The summed E-state index contributed by atoms with van der Waals surface area (Å²) in [4.78, 5) is 33.5. The van der Waals surface area contributed by atoms with Gasteiger partial charge in [-0.15, -0.1) is 4.99 Å². The van der Waals surface area contributed by atoms with E-state index in [1.807, 2.05) is 0 Å². The first kappa shape index (κ1) is 11.0. The number of halogens is 1. The number of rotatable bonds is 2. The second-order valence-electron chi connectivity index (χ2n) is 2.43. The van der Waals surface area contributed by atoms with Crippen molar-refractivity contribution in [3.63, 3.8) is 0 Å². The maximum atomic E-state index is 11.1. The second-order valence-corrected chi connectivity index (χ2v) is 2.86. The molecule has 1 aromatic rings. The summed E-state index contributed by atoms with van der Waals surface area (Å²) in [6.07, 6.45) is 1.01. The van der Waals surface area contributed by atoms with Gasteiger partial charge in [-0.05, 0) is 12.1 Å². The molecular weight excluding hydrogens is 224 g/mol. The van der Waals surface area contributed by atoms with E-state index in [2.05, 4.69) is 4.99 Å². The molecule has 0 unspecified atom stereocenters. The van der Waals surface area contributed by atoms with E-state index < -0.39 is 16.5 Å². The number of hydrogen-bond donors (Lipinski definition) is 0. The molecule has 0 aromatic heterocycles. The molecule has 0 saturated carbocycles. The maximum Gasteiger partial charge on any atom is 0.294 e. The highest BCUT2D eigenvalue weighted by Crippen LogP contribution is 2.23. The molecule has 0 spiro atoms. The Kier molecular flexibility index (Phi) is 3.28. The van der Waals surface area contributed by atoms with Crippen LogP contribution in [0, 0.1) is 10.1 Å². The highest BCUT2D eigenvalue weighted by atomic mass is 35.5. The van der Waals surface area contributed by atoms with Crippen molar-refractivity contribution in [2.75, 3.05) is 0 Å². The van der Waals surface area contributed by atoms with Crippen molar-refractivity contribution >= 4 is 29.3 Å². The van der Waals surface area contributed by atoms with Crippen molar-refractivity contribution in [2.24, 2.45) is 4.99 Å². The van der Waals surface area contributed by atoms with Crippen molar-refractivity contribution in [2.45, 2.75) is 0 Å². The molecule has 0 bridgehead atoms. The van der Waals surface area contributed by atoms with Crippen LogP contribution in [0.3, 0.4) is 0 Å². The van der Waals surface area contributed by atoms with Crippen molar-refractivity contribution in [1.29, 1.82) is 0 Å². The van der Waals surface area contributed by atoms with Crippen LogP contribution in [0.5, 0.6) is 0 Å². The van der Waals surface area contributed by atoms with E-state index in [-0.39, 0.29) is 10.6 Å². The van der Waals surface area contributed by atoms with Gasteiger partial charge in [0, 0.05) is 11.1 Å². The van der Waals surface area contributed by atoms with Crippen molar-refractivity contribution < 1.29 is 14.5 Å². The highest BCUT2D eigenvalue weighted by molar-refractivity contribution is 6.31. The number of isocyanates is 1. The largest absolute Gasteiger partial charge is 0.294 e. The van der Waals surface area contributed by atoms with Gasteiger partial charge in [0.2, 0.25) is 6.08 Å². The minimum atomic E-state index is -1.04. The van der Waals surface area contributed by atoms with Crippen LogP contribution in [0.4, 0.5) is 5.69 Å². The first-order valence-corrected chi connectivity index (χ1v) is 4.00. The SMILES string of the molecule is O=C=NC(=O)c1cc(Cl)ccc1[N+](=O)[O-]. The molecule has 0 N–H and O–H groups in total. The number of aliphatic imine (C=N–C) groups is 1. The molecule has 1 rings (SSSR count). The van der Waals surface area contributed by atoms with Gasteiger partial charge in [0.05, 0.1) is 4.92 Å². The summed E-state index contributed by atoms with van der Waals surface area (Å²) < 4.78 is 0. The lowest BCUT2D eigenvalue weighted by molar-refractivity contribution is -0.385. The minimum Gasteiger partial charge on any atom is -0.266 e. The second kappa shape index (κ2) is 4.45. The van der Waals surface area contributed by atoms with Crippen molar-refractivity contribution in [3.05, 3.63) is 38.9 Å². The van der Waals surface area contributed by atoms with E-state index in [0.29, 0.717) is 0 Å². The Bertz CT molecular complexity index is 480. The topological polar surface area (TPSA) is 89.6 Å². The Morgan fingerprint density at radius 3 is 2.73 bits per heavy atom. The van der Waals surface area contributed by atoms with Gasteiger partial charge in [-0.2, -0.15) is 0 Å². The van der Waals surface area contributed by atoms with Gasteiger partial charge in [-0.25, -0.2) is 4.79 Å².